The number of benzene rings is 1. The van der Waals surface area contributed by atoms with Gasteiger partial charge in [-0.15, -0.1) is 11.3 Å². The van der Waals surface area contributed by atoms with E-state index in [1.165, 1.54) is 4.31 Å². The van der Waals surface area contributed by atoms with E-state index < -0.39 is 10.0 Å². The normalized spacial score (nSPS) is 15.0. The molecule has 3 aromatic rings. The van der Waals surface area contributed by atoms with Gasteiger partial charge in [0.25, 0.3) is 15.9 Å². The second-order valence-corrected chi connectivity index (χ2v) is 10.1. The number of rotatable bonds is 7. The summed E-state index contributed by atoms with van der Waals surface area (Å²) in [5, 5.41) is 7.10. The van der Waals surface area contributed by atoms with Crippen molar-refractivity contribution >= 4 is 27.3 Å². The summed E-state index contributed by atoms with van der Waals surface area (Å²) in [6.45, 7) is 1.72. The van der Waals surface area contributed by atoms with Crippen molar-refractivity contribution in [3.05, 3.63) is 59.2 Å². The topological polar surface area (TPSA) is 103 Å². The monoisotopic (exact) mass is 462 g/mol. The molecule has 11 heteroatoms. The number of sulfonamides is 1. The lowest BCUT2D eigenvalue weighted by molar-refractivity contribution is 0.0731. The molecule has 4 rings (SSSR count). The number of hydrogen-bond donors (Lipinski definition) is 1. The molecule has 0 radical (unpaired) electrons. The van der Waals surface area contributed by atoms with Crippen molar-refractivity contribution in [2.45, 2.75) is 10.8 Å². The van der Waals surface area contributed by atoms with Crippen molar-refractivity contribution < 1.29 is 22.7 Å². The Morgan fingerprint density at radius 1 is 1.16 bits per heavy atom. The van der Waals surface area contributed by atoms with E-state index in [1.807, 2.05) is 24.3 Å². The van der Waals surface area contributed by atoms with Crippen LogP contribution in [0.4, 0.5) is 0 Å². The fraction of sp³-hybridized carbons (Fsp3) is 0.300. The second kappa shape index (κ2) is 9.18. The van der Waals surface area contributed by atoms with E-state index in [2.05, 4.69) is 10.4 Å². The Labute approximate surface area is 184 Å². The number of morpholine rings is 1. The predicted molar refractivity (Wildman–Crippen MR) is 115 cm³/mol. The summed E-state index contributed by atoms with van der Waals surface area (Å²) in [6, 6.07) is 12.2. The summed E-state index contributed by atoms with van der Waals surface area (Å²) in [5.41, 5.74) is 1.07. The van der Waals surface area contributed by atoms with Crippen molar-refractivity contribution in [1.29, 1.82) is 0 Å². The van der Waals surface area contributed by atoms with Crippen LogP contribution in [-0.2, 0) is 21.3 Å². The molecule has 1 aliphatic heterocycles. The van der Waals surface area contributed by atoms with E-state index in [1.54, 1.807) is 36.2 Å². The Balaban J connectivity index is 1.38. The first kappa shape index (κ1) is 21.5. The standard InChI is InChI=1S/C20H22N4O5S2/c1-28-16-4-2-15(3-5-16)24-9-8-18(22-24)20(25)21-14-17-6-7-19(30-17)31(26,27)23-10-12-29-13-11-23/h2-9H,10-14H2,1H3,(H,21,25). The largest absolute Gasteiger partial charge is 0.497 e. The highest BCUT2D eigenvalue weighted by Gasteiger charge is 2.27. The van der Waals surface area contributed by atoms with Gasteiger partial charge in [-0.3, -0.25) is 4.79 Å². The molecule has 1 aliphatic rings. The molecule has 1 fully saturated rings. The smallest absolute Gasteiger partial charge is 0.272 e. The van der Waals surface area contributed by atoms with Crippen molar-refractivity contribution in [3.63, 3.8) is 0 Å². The Morgan fingerprint density at radius 2 is 1.90 bits per heavy atom. The van der Waals surface area contributed by atoms with Gasteiger partial charge >= 0.3 is 0 Å². The SMILES string of the molecule is COc1ccc(-n2ccc(C(=O)NCc3ccc(S(=O)(=O)N4CCOCC4)s3)n2)cc1. The first-order chi connectivity index (χ1) is 15.0. The molecule has 9 nitrogen and oxygen atoms in total. The molecule has 0 atom stereocenters. The molecule has 1 saturated heterocycles. The molecular formula is C20H22N4O5S2. The molecule has 31 heavy (non-hydrogen) atoms. The number of carbonyl (C=O) groups is 1. The van der Waals surface area contributed by atoms with Crippen molar-refractivity contribution in [3.8, 4) is 11.4 Å². The lowest BCUT2D eigenvalue weighted by Crippen LogP contribution is -2.40. The fourth-order valence-corrected chi connectivity index (χ4v) is 5.95. The third-order valence-corrected chi connectivity index (χ3v) is 8.23. The third-order valence-electron chi connectivity index (χ3n) is 4.78. The first-order valence-corrected chi connectivity index (χ1v) is 11.9. The number of thiophene rings is 1. The average molecular weight is 463 g/mol. The number of methoxy groups -OCH3 is 1. The van der Waals surface area contributed by atoms with Gasteiger partial charge in [-0.25, -0.2) is 13.1 Å². The van der Waals surface area contributed by atoms with Crippen LogP contribution in [0.5, 0.6) is 5.75 Å². The van der Waals surface area contributed by atoms with E-state index in [0.29, 0.717) is 26.3 Å². The highest BCUT2D eigenvalue weighted by Crippen LogP contribution is 2.25. The highest BCUT2D eigenvalue weighted by molar-refractivity contribution is 7.91. The molecule has 164 valence electrons. The second-order valence-electron chi connectivity index (χ2n) is 6.76. The van der Waals surface area contributed by atoms with Gasteiger partial charge in [-0.2, -0.15) is 9.40 Å². The number of nitrogens with zero attached hydrogens (tertiary/aromatic N) is 3. The van der Waals surface area contributed by atoms with Gasteiger partial charge in [0.2, 0.25) is 0 Å². The van der Waals surface area contributed by atoms with Crippen LogP contribution >= 0.6 is 11.3 Å². The molecule has 1 amide bonds. The summed E-state index contributed by atoms with van der Waals surface area (Å²) < 4.78 is 39.1. The van der Waals surface area contributed by atoms with Crippen LogP contribution in [0.2, 0.25) is 0 Å². The minimum atomic E-state index is -3.53. The van der Waals surface area contributed by atoms with Gasteiger partial charge in [0.1, 0.15) is 9.96 Å². The maximum atomic E-state index is 12.7. The Kier molecular flexibility index (Phi) is 6.37. The third kappa shape index (κ3) is 4.79. The van der Waals surface area contributed by atoms with Crippen molar-refractivity contribution in [2.24, 2.45) is 0 Å². The summed E-state index contributed by atoms with van der Waals surface area (Å²) in [7, 11) is -1.93. The van der Waals surface area contributed by atoms with E-state index in [0.717, 1.165) is 27.7 Å². The Hall–Kier alpha value is -2.73. The van der Waals surface area contributed by atoms with Gasteiger partial charge < -0.3 is 14.8 Å². The number of carbonyl (C=O) groups excluding carboxylic acids is 1. The molecule has 0 bridgehead atoms. The maximum Gasteiger partial charge on any atom is 0.272 e. The minimum Gasteiger partial charge on any atom is -0.497 e. The van der Waals surface area contributed by atoms with Gasteiger partial charge in [0.05, 0.1) is 32.6 Å². The lowest BCUT2D eigenvalue weighted by atomic mass is 10.3. The van der Waals surface area contributed by atoms with Crippen LogP contribution < -0.4 is 10.1 Å². The zero-order valence-corrected chi connectivity index (χ0v) is 18.5. The molecule has 0 aliphatic carbocycles. The fourth-order valence-electron chi connectivity index (χ4n) is 3.09. The summed E-state index contributed by atoms with van der Waals surface area (Å²) in [4.78, 5) is 13.2. The Morgan fingerprint density at radius 3 is 2.61 bits per heavy atom. The average Bonchev–Trinajstić information content (AvgIpc) is 3.49. The number of hydrogen-bond acceptors (Lipinski definition) is 7. The van der Waals surface area contributed by atoms with Crippen LogP contribution in [0.3, 0.4) is 0 Å². The summed E-state index contributed by atoms with van der Waals surface area (Å²) in [5.74, 6) is 0.401. The molecule has 0 unspecified atom stereocenters. The van der Waals surface area contributed by atoms with Crippen LogP contribution in [-0.4, -0.2) is 61.8 Å². The molecule has 0 saturated carbocycles. The molecule has 1 N–H and O–H groups in total. The van der Waals surface area contributed by atoms with Crippen LogP contribution in [0.15, 0.2) is 52.9 Å². The molecule has 2 aromatic heterocycles. The quantitative estimate of drug-likeness (QED) is 0.575. The molecule has 1 aromatic carbocycles. The van der Waals surface area contributed by atoms with Crippen LogP contribution in [0.25, 0.3) is 5.69 Å². The van der Waals surface area contributed by atoms with Gasteiger partial charge in [-0.05, 0) is 42.5 Å². The van der Waals surface area contributed by atoms with E-state index in [-0.39, 0.29) is 22.4 Å². The number of aromatic nitrogens is 2. The van der Waals surface area contributed by atoms with Gasteiger partial charge in [0.15, 0.2) is 5.69 Å². The van der Waals surface area contributed by atoms with E-state index >= 15 is 0 Å². The molecule has 3 heterocycles. The minimum absolute atomic E-state index is 0.220. The number of ether oxygens (including phenoxy) is 2. The van der Waals surface area contributed by atoms with Gasteiger partial charge in [-0.1, -0.05) is 0 Å². The lowest BCUT2D eigenvalue weighted by Gasteiger charge is -2.25. The van der Waals surface area contributed by atoms with Crippen molar-refractivity contribution in [1.82, 2.24) is 19.4 Å². The van der Waals surface area contributed by atoms with E-state index in [9.17, 15) is 13.2 Å². The van der Waals surface area contributed by atoms with Gasteiger partial charge in [0, 0.05) is 24.2 Å². The predicted octanol–water partition coefficient (Wildman–Crippen LogP) is 1.89. The summed E-state index contributed by atoms with van der Waals surface area (Å²) in [6.07, 6.45) is 1.70. The van der Waals surface area contributed by atoms with Crippen LogP contribution in [0, 0.1) is 0 Å². The maximum absolute atomic E-state index is 12.7. The molecular weight excluding hydrogens is 440 g/mol. The Bertz CT molecular complexity index is 1150. The number of nitrogens with one attached hydrogen (secondary N) is 1. The van der Waals surface area contributed by atoms with Crippen LogP contribution in [0.1, 0.15) is 15.4 Å². The highest BCUT2D eigenvalue weighted by atomic mass is 32.2. The summed E-state index contributed by atoms with van der Waals surface area (Å²) >= 11 is 1.15. The van der Waals surface area contributed by atoms with Crippen molar-refractivity contribution in [2.75, 3.05) is 33.4 Å². The zero-order chi connectivity index (χ0) is 21.8. The number of amides is 1. The first-order valence-electron chi connectivity index (χ1n) is 9.62. The molecule has 0 spiro atoms. The van der Waals surface area contributed by atoms with E-state index in [4.69, 9.17) is 9.47 Å². The zero-order valence-electron chi connectivity index (χ0n) is 16.9.